The normalized spacial score (nSPS) is 20.8. The molecule has 4 aromatic rings. The lowest BCUT2D eigenvalue weighted by molar-refractivity contribution is -0.0593. The number of ether oxygens (including phenoxy) is 3. The Kier molecular flexibility index (Phi) is 8.23. The third kappa shape index (κ3) is 6.33. The molecule has 1 N–H and O–H groups in total. The number of imidazole rings is 1. The molecule has 0 saturated carbocycles. The van der Waals surface area contributed by atoms with Crippen LogP contribution in [0.3, 0.4) is 0 Å². The lowest BCUT2D eigenvalue weighted by Crippen LogP contribution is -2.44. The number of likely N-dealkylation sites (tertiary alicyclic amines) is 1. The van der Waals surface area contributed by atoms with Gasteiger partial charge in [0.25, 0.3) is 5.88 Å². The second kappa shape index (κ2) is 12.2. The highest BCUT2D eigenvalue weighted by molar-refractivity contribution is 6.30. The Bertz CT molecular complexity index is 1600. The van der Waals surface area contributed by atoms with Crippen LogP contribution in [0.5, 0.6) is 11.6 Å². The number of hydrogen-bond donors (Lipinski definition) is 1. The van der Waals surface area contributed by atoms with E-state index in [-0.39, 0.29) is 41.3 Å². The smallest absolute Gasteiger partial charge is 0.335 e. The average Bonchev–Trinajstić information content (AvgIpc) is 3.28. The van der Waals surface area contributed by atoms with E-state index in [1.165, 1.54) is 6.20 Å². The van der Waals surface area contributed by atoms with Gasteiger partial charge in [0.05, 0.1) is 46.5 Å². The molecule has 0 amide bonds. The molecule has 2 saturated heterocycles. The van der Waals surface area contributed by atoms with Gasteiger partial charge in [-0.25, -0.2) is 19.2 Å². The van der Waals surface area contributed by atoms with Crippen LogP contribution in [-0.4, -0.2) is 66.9 Å². The highest BCUT2D eigenvalue weighted by Crippen LogP contribution is 2.28. The van der Waals surface area contributed by atoms with Crippen LogP contribution in [-0.2, 0) is 24.4 Å². The van der Waals surface area contributed by atoms with Gasteiger partial charge < -0.3 is 23.9 Å². The average molecular weight is 596 g/mol. The molecule has 2 fully saturated rings. The molecule has 1 aromatic carbocycles. The van der Waals surface area contributed by atoms with Crippen LogP contribution in [0.4, 0.5) is 4.39 Å². The molecule has 2 aliphatic rings. The van der Waals surface area contributed by atoms with Crippen molar-refractivity contribution in [3.05, 3.63) is 76.7 Å². The zero-order valence-electron chi connectivity index (χ0n) is 23.1. The number of rotatable bonds is 10. The van der Waals surface area contributed by atoms with E-state index in [2.05, 4.69) is 26.4 Å². The summed E-state index contributed by atoms with van der Waals surface area (Å²) in [4.78, 5) is 27.1. The molecule has 2 aliphatic heterocycles. The van der Waals surface area contributed by atoms with E-state index in [1.807, 2.05) is 0 Å². The molecule has 0 unspecified atom stereocenters. The standard InChI is InChI=1S/C30H31ClFN5O5/c1-18-10-23(42-22-4-7-33-21(13-22)17-41-29-25(32)12-20(31)14-34-29)5-8-36(18)16-28-35-26-3-2-19(30(38)39)11-27(26)37(28)15-24-6-9-40-24/h2-4,7,11-14,18,23-24H,5-6,8-10,15-17H2,1H3,(H,38,39)/t18-,23-,24-/m0/s1. The van der Waals surface area contributed by atoms with E-state index >= 15 is 0 Å². The van der Waals surface area contributed by atoms with Crippen LogP contribution >= 0.6 is 11.6 Å². The Hall–Kier alpha value is -3.80. The van der Waals surface area contributed by atoms with Crippen LogP contribution < -0.4 is 9.47 Å². The third-order valence-corrected chi connectivity index (χ3v) is 7.99. The zero-order chi connectivity index (χ0) is 29.2. The Balaban J connectivity index is 1.09. The number of carboxylic acids is 1. The SMILES string of the molecule is C[C@H]1C[C@@H](Oc2ccnc(COc3ncc(Cl)cc3F)c2)CCN1Cc1nc2ccc(C(=O)O)cc2n1C[C@@H]1CCO1. The van der Waals surface area contributed by atoms with Gasteiger partial charge in [-0.1, -0.05) is 11.6 Å². The molecule has 3 aromatic heterocycles. The van der Waals surface area contributed by atoms with E-state index < -0.39 is 11.8 Å². The number of halogens is 2. The lowest BCUT2D eigenvalue weighted by atomic mass is 10.0. The number of piperidine rings is 1. The van der Waals surface area contributed by atoms with Crippen molar-refractivity contribution in [3.63, 3.8) is 0 Å². The Morgan fingerprint density at radius 3 is 2.81 bits per heavy atom. The second-order valence-electron chi connectivity index (χ2n) is 10.7. The van der Waals surface area contributed by atoms with Gasteiger partial charge in [0.2, 0.25) is 0 Å². The molecule has 10 nitrogen and oxygen atoms in total. The first-order valence-electron chi connectivity index (χ1n) is 14.0. The van der Waals surface area contributed by atoms with Crippen molar-refractivity contribution in [2.24, 2.45) is 0 Å². The monoisotopic (exact) mass is 595 g/mol. The summed E-state index contributed by atoms with van der Waals surface area (Å²) in [6, 6.07) is 10.1. The molecular weight excluding hydrogens is 565 g/mol. The molecule has 220 valence electrons. The summed E-state index contributed by atoms with van der Waals surface area (Å²) >= 11 is 5.75. The second-order valence-corrected chi connectivity index (χ2v) is 11.2. The molecule has 42 heavy (non-hydrogen) atoms. The summed E-state index contributed by atoms with van der Waals surface area (Å²) < 4.78 is 33.6. The van der Waals surface area contributed by atoms with Crippen molar-refractivity contribution >= 4 is 28.6 Å². The van der Waals surface area contributed by atoms with E-state index in [0.29, 0.717) is 24.5 Å². The summed E-state index contributed by atoms with van der Waals surface area (Å²) in [5, 5.41) is 9.71. The molecule has 0 spiro atoms. The Morgan fingerprint density at radius 1 is 1.21 bits per heavy atom. The van der Waals surface area contributed by atoms with Crippen molar-refractivity contribution in [1.82, 2.24) is 24.4 Å². The van der Waals surface area contributed by atoms with Crippen LogP contribution in [0.25, 0.3) is 11.0 Å². The van der Waals surface area contributed by atoms with Crippen molar-refractivity contribution in [3.8, 4) is 11.6 Å². The molecule has 5 heterocycles. The molecule has 0 radical (unpaired) electrons. The van der Waals surface area contributed by atoms with E-state index in [0.717, 1.165) is 55.3 Å². The number of aromatic carboxylic acids is 1. The molecule has 6 rings (SSSR count). The molecule has 3 atom stereocenters. The van der Waals surface area contributed by atoms with Crippen LogP contribution in [0.15, 0.2) is 48.8 Å². The minimum absolute atomic E-state index is 0.0168. The van der Waals surface area contributed by atoms with Crippen molar-refractivity contribution in [1.29, 1.82) is 0 Å². The highest BCUT2D eigenvalue weighted by atomic mass is 35.5. The van der Waals surface area contributed by atoms with Gasteiger partial charge in [0.1, 0.15) is 24.3 Å². The lowest BCUT2D eigenvalue weighted by Gasteiger charge is -2.37. The Morgan fingerprint density at radius 2 is 2.07 bits per heavy atom. The molecular formula is C30H31ClFN5O5. The quantitative estimate of drug-likeness (QED) is 0.267. The van der Waals surface area contributed by atoms with Gasteiger partial charge in [-0.2, -0.15) is 0 Å². The van der Waals surface area contributed by atoms with Crippen LogP contribution in [0.2, 0.25) is 5.02 Å². The highest BCUT2D eigenvalue weighted by Gasteiger charge is 2.29. The zero-order valence-corrected chi connectivity index (χ0v) is 23.8. The number of benzene rings is 1. The summed E-state index contributed by atoms with van der Waals surface area (Å²) in [5.41, 5.74) is 2.44. The van der Waals surface area contributed by atoms with Gasteiger partial charge in [0.15, 0.2) is 5.82 Å². The number of hydrogen-bond acceptors (Lipinski definition) is 8. The minimum atomic E-state index is -0.955. The molecule has 0 bridgehead atoms. The van der Waals surface area contributed by atoms with Crippen molar-refractivity contribution in [2.45, 2.75) is 64.1 Å². The molecule has 0 aliphatic carbocycles. The summed E-state index contributed by atoms with van der Waals surface area (Å²) in [7, 11) is 0. The van der Waals surface area contributed by atoms with E-state index in [9.17, 15) is 14.3 Å². The first-order chi connectivity index (χ1) is 20.3. The number of carbonyl (C=O) groups is 1. The minimum Gasteiger partial charge on any atom is -0.490 e. The van der Waals surface area contributed by atoms with Gasteiger partial charge in [-0.3, -0.25) is 9.88 Å². The first kappa shape index (κ1) is 28.3. The van der Waals surface area contributed by atoms with Crippen LogP contribution in [0, 0.1) is 5.82 Å². The fraction of sp³-hybridized carbons (Fsp3) is 0.400. The van der Waals surface area contributed by atoms with E-state index in [4.69, 9.17) is 30.8 Å². The summed E-state index contributed by atoms with van der Waals surface area (Å²) in [6.45, 7) is 5.08. The fourth-order valence-corrected chi connectivity index (χ4v) is 5.56. The van der Waals surface area contributed by atoms with E-state index in [1.54, 1.807) is 36.5 Å². The predicted octanol–water partition coefficient (Wildman–Crippen LogP) is 5.12. The summed E-state index contributed by atoms with van der Waals surface area (Å²) in [5.74, 6) is -0.143. The number of aromatic nitrogens is 4. The van der Waals surface area contributed by atoms with Gasteiger partial charge in [0, 0.05) is 37.7 Å². The first-order valence-corrected chi connectivity index (χ1v) is 14.3. The number of carboxylic acid groups (broad SMARTS) is 1. The molecule has 12 heteroatoms. The van der Waals surface area contributed by atoms with Gasteiger partial charge in [-0.05, 0) is 56.5 Å². The number of nitrogens with zero attached hydrogens (tertiary/aromatic N) is 5. The maximum Gasteiger partial charge on any atom is 0.335 e. The van der Waals surface area contributed by atoms with Crippen molar-refractivity contribution < 1.29 is 28.5 Å². The van der Waals surface area contributed by atoms with Gasteiger partial charge >= 0.3 is 5.97 Å². The number of pyridine rings is 2. The third-order valence-electron chi connectivity index (χ3n) is 7.79. The van der Waals surface area contributed by atoms with Crippen molar-refractivity contribution in [2.75, 3.05) is 13.2 Å². The van der Waals surface area contributed by atoms with Gasteiger partial charge in [-0.15, -0.1) is 0 Å². The predicted molar refractivity (Wildman–Crippen MR) is 152 cm³/mol. The Labute approximate surface area is 247 Å². The number of fused-ring (bicyclic) bond motifs is 1. The maximum atomic E-state index is 14.0. The fourth-order valence-electron chi connectivity index (χ4n) is 5.41. The van der Waals surface area contributed by atoms with Crippen LogP contribution in [0.1, 0.15) is 48.1 Å². The summed E-state index contributed by atoms with van der Waals surface area (Å²) in [6.07, 6.45) is 5.73. The largest absolute Gasteiger partial charge is 0.490 e. The maximum absolute atomic E-state index is 14.0. The topological polar surface area (TPSA) is 112 Å².